The monoisotopic (exact) mass is 396 g/mol. The zero-order valence-corrected chi connectivity index (χ0v) is 16.3. The van der Waals surface area contributed by atoms with E-state index in [0.29, 0.717) is 28.5 Å². The van der Waals surface area contributed by atoms with Gasteiger partial charge in [0.2, 0.25) is 0 Å². The highest BCUT2D eigenvalue weighted by Crippen LogP contribution is 2.41. The third-order valence-electron chi connectivity index (χ3n) is 5.20. The molecule has 140 valence electrons. The molecule has 1 aliphatic rings. The van der Waals surface area contributed by atoms with Crippen molar-refractivity contribution in [1.82, 2.24) is 0 Å². The fourth-order valence-corrected chi connectivity index (χ4v) is 4.08. The van der Waals surface area contributed by atoms with E-state index in [2.05, 4.69) is 12.1 Å². The molecule has 2 nitrogen and oxygen atoms in total. The van der Waals surface area contributed by atoms with E-state index in [4.69, 9.17) is 16.3 Å². The quantitative estimate of drug-likeness (QED) is 0.380. The van der Waals surface area contributed by atoms with Crippen molar-refractivity contribution in [2.45, 2.75) is 6.61 Å². The van der Waals surface area contributed by atoms with Gasteiger partial charge >= 0.3 is 0 Å². The number of hydrogen-bond acceptors (Lipinski definition) is 2. The molecule has 0 amide bonds. The first kappa shape index (κ1) is 17.7. The van der Waals surface area contributed by atoms with Gasteiger partial charge in [0.15, 0.2) is 5.78 Å². The zero-order chi connectivity index (χ0) is 19.8. The van der Waals surface area contributed by atoms with Gasteiger partial charge in [-0.2, -0.15) is 0 Å². The van der Waals surface area contributed by atoms with Crippen LogP contribution in [0.15, 0.2) is 91.0 Å². The van der Waals surface area contributed by atoms with Gasteiger partial charge in [-0.3, -0.25) is 4.79 Å². The first-order chi connectivity index (χ1) is 14.2. The largest absolute Gasteiger partial charge is 0.487 e. The summed E-state index contributed by atoms with van der Waals surface area (Å²) in [5.74, 6) is 0.625. The molecule has 0 saturated heterocycles. The van der Waals surface area contributed by atoms with Crippen LogP contribution in [0.25, 0.3) is 22.1 Å². The van der Waals surface area contributed by atoms with Gasteiger partial charge in [0.25, 0.3) is 0 Å². The smallest absolute Gasteiger partial charge is 0.198 e. The van der Waals surface area contributed by atoms with Gasteiger partial charge in [-0.1, -0.05) is 90.5 Å². The van der Waals surface area contributed by atoms with Gasteiger partial charge < -0.3 is 4.74 Å². The third kappa shape index (κ3) is 3.12. The molecule has 0 heterocycles. The Morgan fingerprint density at radius 1 is 0.724 bits per heavy atom. The van der Waals surface area contributed by atoms with Gasteiger partial charge in [0.1, 0.15) is 12.4 Å². The lowest BCUT2D eigenvalue weighted by Crippen LogP contribution is -2.00. The van der Waals surface area contributed by atoms with E-state index in [1.54, 1.807) is 0 Å². The molecule has 3 heteroatoms. The fraction of sp³-hybridized carbons (Fsp3) is 0.0385. The van der Waals surface area contributed by atoms with Crippen LogP contribution < -0.4 is 0 Å². The molecule has 0 fully saturated rings. The Balaban J connectivity index is 1.66. The van der Waals surface area contributed by atoms with Gasteiger partial charge in [0.05, 0.1) is 5.57 Å². The van der Waals surface area contributed by atoms with E-state index in [1.807, 2.05) is 78.9 Å². The normalized spacial score (nSPS) is 13.1. The van der Waals surface area contributed by atoms with Crippen molar-refractivity contribution in [3.63, 3.8) is 0 Å². The molecule has 0 radical (unpaired) electrons. The Hall–Kier alpha value is -3.36. The molecule has 0 bridgehead atoms. The van der Waals surface area contributed by atoms with E-state index in [-0.39, 0.29) is 5.78 Å². The summed E-state index contributed by atoms with van der Waals surface area (Å²) in [5.41, 5.74) is 3.98. The molecule has 0 aromatic heterocycles. The number of ether oxygens (including phenoxy) is 1. The molecule has 5 rings (SSSR count). The lowest BCUT2D eigenvalue weighted by molar-refractivity contribution is 0.105. The summed E-state index contributed by atoms with van der Waals surface area (Å²) < 4.78 is 6.26. The molecule has 0 atom stereocenters. The number of halogens is 1. The molecule has 0 spiro atoms. The van der Waals surface area contributed by atoms with Crippen LogP contribution in [0.3, 0.4) is 0 Å². The lowest BCUT2D eigenvalue weighted by Gasteiger charge is -2.13. The van der Waals surface area contributed by atoms with Gasteiger partial charge in [-0.25, -0.2) is 0 Å². The number of benzene rings is 4. The van der Waals surface area contributed by atoms with Crippen LogP contribution in [-0.4, -0.2) is 5.78 Å². The van der Waals surface area contributed by atoms with E-state index in [0.717, 1.165) is 27.5 Å². The van der Waals surface area contributed by atoms with Crippen LogP contribution in [0.4, 0.5) is 0 Å². The van der Waals surface area contributed by atoms with Crippen LogP contribution in [-0.2, 0) is 11.3 Å². The molecule has 29 heavy (non-hydrogen) atoms. The summed E-state index contributed by atoms with van der Waals surface area (Å²) >= 11 is 6.11. The molecule has 0 aliphatic heterocycles. The maximum atomic E-state index is 13.4. The summed E-state index contributed by atoms with van der Waals surface area (Å²) in [7, 11) is 0. The minimum Gasteiger partial charge on any atom is -0.487 e. The van der Waals surface area contributed by atoms with Crippen molar-refractivity contribution in [2.75, 3.05) is 0 Å². The Labute approximate surface area is 174 Å². The Morgan fingerprint density at radius 2 is 1.41 bits per heavy atom. The summed E-state index contributed by atoms with van der Waals surface area (Å²) in [6.07, 6.45) is 0. The Morgan fingerprint density at radius 3 is 2.28 bits per heavy atom. The van der Waals surface area contributed by atoms with Crippen LogP contribution in [0.1, 0.15) is 27.0 Å². The molecule has 4 aromatic rings. The van der Waals surface area contributed by atoms with Crippen molar-refractivity contribution in [2.24, 2.45) is 0 Å². The summed E-state index contributed by atoms with van der Waals surface area (Å²) in [6.45, 7) is 0.339. The number of carbonyl (C=O) groups is 1. The number of allylic oxidation sites excluding steroid dienone is 1. The predicted molar refractivity (Wildman–Crippen MR) is 118 cm³/mol. The highest BCUT2D eigenvalue weighted by Gasteiger charge is 2.32. The first-order valence-corrected chi connectivity index (χ1v) is 9.84. The summed E-state index contributed by atoms with van der Waals surface area (Å²) in [4.78, 5) is 13.4. The molecule has 4 aromatic carbocycles. The van der Waals surface area contributed by atoms with Gasteiger partial charge in [0, 0.05) is 16.1 Å². The number of ketones is 1. The van der Waals surface area contributed by atoms with Gasteiger partial charge in [-0.15, -0.1) is 0 Å². The van der Waals surface area contributed by atoms with Gasteiger partial charge in [-0.05, 0) is 34.0 Å². The maximum absolute atomic E-state index is 13.4. The van der Waals surface area contributed by atoms with Crippen LogP contribution in [0, 0.1) is 0 Å². The fourth-order valence-electron chi connectivity index (χ4n) is 3.87. The first-order valence-electron chi connectivity index (χ1n) is 9.46. The minimum atomic E-state index is -0.00181. The maximum Gasteiger partial charge on any atom is 0.198 e. The second kappa shape index (κ2) is 7.23. The number of Topliss-reactive ketones (excluding diaryl/α,β-unsaturated/α-hetero) is 1. The van der Waals surface area contributed by atoms with Crippen molar-refractivity contribution in [1.29, 1.82) is 0 Å². The number of rotatable bonds is 4. The van der Waals surface area contributed by atoms with Crippen LogP contribution >= 0.6 is 11.6 Å². The Bertz CT molecular complexity index is 1280. The predicted octanol–water partition coefficient (Wildman–Crippen LogP) is 6.77. The molecule has 0 unspecified atom stereocenters. The average molecular weight is 397 g/mol. The van der Waals surface area contributed by atoms with E-state index in [1.165, 1.54) is 0 Å². The second-order valence-electron chi connectivity index (χ2n) is 7.02. The van der Waals surface area contributed by atoms with Crippen molar-refractivity contribution >= 4 is 39.5 Å². The standard InChI is InChI=1S/C26H17ClO2/c27-19-10-5-7-17(15-19)16-29-26-23-13-4-3-12-22(23)25(28)24(26)21-14-6-9-18-8-1-2-11-20(18)21/h1-15H,16H2. The van der Waals surface area contributed by atoms with E-state index >= 15 is 0 Å². The number of carbonyl (C=O) groups excluding carboxylic acids is 1. The molecular weight excluding hydrogens is 380 g/mol. The highest BCUT2D eigenvalue weighted by atomic mass is 35.5. The second-order valence-corrected chi connectivity index (χ2v) is 7.46. The van der Waals surface area contributed by atoms with E-state index in [9.17, 15) is 4.79 Å². The highest BCUT2D eigenvalue weighted by molar-refractivity contribution is 6.40. The number of hydrogen-bond donors (Lipinski definition) is 0. The lowest BCUT2D eigenvalue weighted by atomic mass is 9.96. The molecule has 0 saturated carbocycles. The van der Waals surface area contributed by atoms with Crippen molar-refractivity contribution < 1.29 is 9.53 Å². The third-order valence-corrected chi connectivity index (χ3v) is 5.44. The van der Waals surface area contributed by atoms with Crippen molar-refractivity contribution in [3.8, 4) is 0 Å². The molecule has 1 aliphatic carbocycles. The average Bonchev–Trinajstić information content (AvgIpc) is 3.04. The summed E-state index contributed by atoms with van der Waals surface area (Å²) in [5, 5.41) is 2.79. The SMILES string of the molecule is O=C1C(c2cccc3ccccc23)=C(OCc2cccc(Cl)c2)c2ccccc21. The van der Waals surface area contributed by atoms with Crippen LogP contribution in [0.5, 0.6) is 0 Å². The zero-order valence-electron chi connectivity index (χ0n) is 15.6. The summed E-state index contributed by atoms with van der Waals surface area (Å²) in [6, 6.07) is 29.3. The molecule has 0 N–H and O–H groups in total. The topological polar surface area (TPSA) is 26.3 Å². The van der Waals surface area contributed by atoms with Crippen LogP contribution in [0.2, 0.25) is 5.02 Å². The minimum absolute atomic E-state index is 0.00181. The molecular formula is C26H17ClO2. The van der Waals surface area contributed by atoms with Crippen molar-refractivity contribution in [3.05, 3.63) is 118 Å². The Kier molecular flexibility index (Phi) is 4.42. The number of fused-ring (bicyclic) bond motifs is 2. The van der Waals surface area contributed by atoms with E-state index < -0.39 is 0 Å².